The molecular formula is C24H25N7O2. The molecule has 0 aliphatic rings. The molecule has 4 rings (SSSR count). The molecule has 0 saturated carbocycles. The number of nitrogens with zero attached hydrogens (tertiary/aromatic N) is 6. The van der Waals surface area contributed by atoms with Crippen molar-refractivity contribution in [3.05, 3.63) is 59.4 Å². The Labute approximate surface area is 191 Å². The molecule has 9 heteroatoms. The number of aromatic nitrogens is 4. The predicted octanol–water partition coefficient (Wildman–Crippen LogP) is 3.61. The van der Waals surface area contributed by atoms with Crippen molar-refractivity contribution in [1.82, 2.24) is 19.6 Å². The van der Waals surface area contributed by atoms with Gasteiger partial charge in [0.2, 0.25) is 0 Å². The van der Waals surface area contributed by atoms with Gasteiger partial charge in [0.25, 0.3) is 0 Å². The summed E-state index contributed by atoms with van der Waals surface area (Å²) in [6.07, 6.45) is 1.53. The predicted molar refractivity (Wildman–Crippen MR) is 127 cm³/mol. The van der Waals surface area contributed by atoms with E-state index in [1.54, 1.807) is 9.36 Å². The van der Waals surface area contributed by atoms with Crippen LogP contribution in [0, 0.1) is 18.3 Å². The van der Waals surface area contributed by atoms with E-state index in [-0.39, 0.29) is 16.9 Å². The van der Waals surface area contributed by atoms with Crippen molar-refractivity contribution in [2.75, 3.05) is 30.8 Å². The number of carbonyl (C=O) groups excluding carboxylic acids is 1. The van der Waals surface area contributed by atoms with Crippen LogP contribution in [0.1, 0.15) is 35.5 Å². The van der Waals surface area contributed by atoms with Crippen LogP contribution in [-0.2, 0) is 4.74 Å². The van der Waals surface area contributed by atoms with Crippen LogP contribution >= 0.6 is 0 Å². The van der Waals surface area contributed by atoms with E-state index < -0.39 is 5.97 Å². The van der Waals surface area contributed by atoms with Crippen LogP contribution in [-0.4, -0.2) is 45.7 Å². The molecule has 0 aliphatic carbocycles. The number of hydrogen-bond donors (Lipinski definition) is 1. The van der Waals surface area contributed by atoms with E-state index in [9.17, 15) is 10.1 Å². The molecule has 0 bridgehead atoms. The van der Waals surface area contributed by atoms with Gasteiger partial charge in [-0.05, 0) is 62.7 Å². The molecule has 0 fully saturated rings. The first-order valence-electron chi connectivity index (χ1n) is 10.6. The number of methoxy groups -OCH3 is 1. The van der Waals surface area contributed by atoms with Gasteiger partial charge in [-0.1, -0.05) is 0 Å². The summed E-state index contributed by atoms with van der Waals surface area (Å²) in [6, 6.07) is 13.8. The Kier molecular flexibility index (Phi) is 5.75. The summed E-state index contributed by atoms with van der Waals surface area (Å²) >= 11 is 0. The lowest BCUT2D eigenvalue weighted by Gasteiger charge is -2.20. The number of carbonyl (C=O) groups is 1. The molecule has 4 aromatic rings. The zero-order chi connectivity index (χ0) is 23.7. The lowest BCUT2D eigenvalue weighted by molar-refractivity contribution is 0.0593. The normalized spacial score (nSPS) is 10.9. The highest BCUT2D eigenvalue weighted by Crippen LogP contribution is 2.28. The summed E-state index contributed by atoms with van der Waals surface area (Å²) in [5, 5.41) is 18.6. The van der Waals surface area contributed by atoms with E-state index in [1.165, 1.54) is 13.3 Å². The Balaban J connectivity index is 1.79. The van der Waals surface area contributed by atoms with Crippen molar-refractivity contribution in [3.8, 4) is 17.4 Å². The van der Waals surface area contributed by atoms with Crippen LogP contribution in [0.4, 0.5) is 11.4 Å². The fourth-order valence-corrected chi connectivity index (χ4v) is 3.92. The van der Waals surface area contributed by atoms with Gasteiger partial charge in [0.15, 0.2) is 5.69 Å². The van der Waals surface area contributed by atoms with Crippen molar-refractivity contribution in [1.29, 1.82) is 5.26 Å². The largest absolute Gasteiger partial charge is 0.464 e. The van der Waals surface area contributed by atoms with Crippen molar-refractivity contribution >= 4 is 28.4 Å². The molecular weight excluding hydrogens is 418 g/mol. The van der Waals surface area contributed by atoms with Crippen LogP contribution in [0.5, 0.6) is 0 Å². The minimum Gasteiger partial charge on any atom is -0.464 e. The molecule has 0 radical (unpaired) electrons. The molecule has 2 heterocycles. The quantitative estimate of drug-likeness (QED) is 0.453. The third-order valence-electron chi connectivity index (χ3n) is 5.71. The maximum absolute atomic E-state index is 12.4. The lowest BCUT2D eigenvalue weighted by Crippen LogP contribution is -2.21. The minimum atomic E-state index is -0.620. The molecule has 2 aromatic carbocycles. The number of ether oxygens (including phenoxy) is 1. The molecule has 0 spiro atoms. The van der Waals surface area contributed by atoms with Crippen LogP contribution < -0.4 is 10.6 Å². The standard InChI is InChI=1S/C24H25N7O2/c1-5-29(6-2)17-7-9-18(10-8-17)31-27-19-11-15(3)21(12-20(19)28-31)30-14-16(13-25)22(26)23(30)24(32)33-4/h7-12,14H,5-6,26H2,1-4H3. The summed E-state index contributed by atoms with van der Waals surface area (Å²) in [5.41, 5.74) is 11.3. The fraction of sp³-hybridized carbons (Fsp3) is 0.250. The number of aryl methyl sites for hydroxylation is 1. The van der Waals surface area contributed by atoms with E-state index in [0.29, 0.717) is 16.7 Å². The van der Waals surface area contributed by atoms with Gasteiger partial charge in [-0.25, -0.2) is 4.79 Å². The number of nitrogens with two attached hydrogens (primary N) is 1. The average Bonchev–Trinajstić information content (AvgIpc) is 3.39. The molecule has 0 unspecified atom stereocenters. The zero-order valence-corrected chi connectivity index (χ0v) is 19.0. The van der Waals surface area contributed by atoms with E-state index in [4.69, 9.17) is 10.5 Å². The van der Waals surface area contributed by atoms with E-state index >= 15 is 0 Å². The molecule has 0 amide bonds. The highest BCUT2D eigenvalue weighted by atomic mass is 16.5. The number of nitrogen functional groups attached to an aromatic ring is 1. The lowest BCUT2D eigenvalue weighted by atomic mass is 10.1. The van der Waals surface area contributed by atoms with E-state index in [0.717, 1.165) is 30.0 Å². The minimum absolute atomic E-state index is 0.0841. The molecule has 2 N–H and O–H groups in total. The van der Waals surface area contributed by atoms with E-state index in [2.05, 4.69) is 41.1 Å². The number of esters is 1. The number of hydrogen-bond acceptors (Lipinski definition) is 7. The third kappa shape index (κ3) is 3.76. The van der Waals surface area contributed by atoms with E-state index in [1.807, 2.05) is 37.3 Å². The zero-order valence-electron chi connectivity index (χ0n) is 19.0. The molecule has 33 heavy (non-hydrogen) atoms. The molecule has 0 atom stereocenters. The van der Waals surface area contributed by atoms with Gasteiger partial charge < -0.3 is 19.9 Å². The number of nitriles is 1. The maximum atomic E-state index is 12.4. The first-order chi connectivity index (χ1) is 15.9. The van der Waals surface area contributed by atoms with Crippen molar-refractivity contribution < 1.29 is 9.53 Å². The summed E-state index contributed by atoms with van der Waals surface area (Å²) in [5.74, 6) is -0.620. The van der Waals surface area contributed by atoms with Crippen LogP contribution in [0.3, 0.4) is 0 Å². The highest BCUT2D eigenvalue weighted by molar-refractivity contribution is 5.96. The van der Waals surface area contributed by atoms with Crippen LogP contribution in [0.25, 0.3) is 22.4 Å². The van der Waals surface area contributed by atoms with Gasteiger partial charge in [0, 0.05) is 25.0 Å². The summed E-state index contributed by atoms with van der Waals surface area (Å²) < 4.78 is 6.46. The Bertz CT molecular complexity index is 1370. The van der Waals surface area contributed by atoms with Crippen molar-refractivity contribution in [2.45, 2.75) is 20.8 Å². The second kappa shape index (κ2) is 8.67. The monoisotopic (exact) mass is 443 g/mol. The van der Waals surface area contributed by atoms with Crippen molar-refractivity contribution in [2.24, 2.45) is 0 Å². The van der Waals surface area contributed by atoms with Gasteiger partial charge in [-0.2, -0.15) is 10.1 Å². The first kappa shape index (κ1) is 21.9. The summed E-state index contributed by atoms with van der Waals surface area (Å²) in [6.45, 7) is 8.03. The number of rotatable bonds is 6. The fourth-order valence-electron chi connectivity index (χ4n) is 3.92. The second-order valence-corrected chi connectivity index (χ2v) is 7.58. The molecule has 0 aliphatic heterocycles. The second-order valence-electron chi connectivity index (χ2n) is 7.58. The summed E-state index contributed by atoms with van der Waals surface area (Å²) in [7, 11) is 1.28. The van der Waals surface area contributed by atoms with Gasteiger partial charge in [-0.3, -0.25) is 0 Å². The Morgan fingerprint density at radius 1 is 1.15 bits per heavy atom. The number of benzene rings is 2. The van der Waals surface area contributed by atoms with Gasteiger partial charge in [0.05, 0.1) is 29.7 Å². The van der Waals surface area contributed by atoms with Gasteiger partial charge in [0.1, 0.15) is 17.1 Å². The average molecular weight is 444 g/mol. The Morgan fingerprint density at radius 3 is 2.36 bits per heavy atom. The maximum Gasteiger partial charge on any atom is 0.357 e. The van der Waals surface area contributed by atoms with Gasteiger partial charge in [-0.15, -0.1) is 10.2 Å². The SMILES string of the molecule is CCN(CC)c1ccc(-n2nc3cc(C)c(-n4cc(C#N)c(N)c4C(=O)OC)cc3n2)cc1. The summed E-state index contributed by atoms with van der Waals surface area (Å²) in [4.78, 5) is 16.2. The Hall–Kier alpha value is -4.32. The topological polar surface area (TPSA) is 115 Å². The van der Waals surface area contributed by atoms with Crippen LogP contribution in [0.15, 0.2) is 42.6 Å². The smallest absolute Gasteiger partial charge is 0.357 e. The third-order valence-corrected chi connectivity index (χ3v) is 5.71. The highest BCUT2D eigenvalue weighted by Gasteiger charge is 2.23. The molecule has 0 saturated heterocycles. The molecule has 168 valence electrons. The molecule has 2 aromatic heterocycles. The first-order valence-corrected chi connectivity index (χ1v) is 10.6. The van der Waals surface area contributed by atoms with Crippen LogP contribution in [0.2, 0.25) is 0 Å². The Morgan fingerprint density at radius 2 is 1.79 bits per heavy atom. The molecule has 9 nitrogen and oxygen atoms in total. The number of anilines is 2. The van der Waals surface area contributed by atoms with Gasteiger partial charge >= 0.3 is 5.97 Å². The van der Waals surface area contributed by atoms with Crippen molar-refractivity contribution in [3.63, 3.8) is 0 Å². The number of fused-ring (bicyclic) bond motifs is 1.